The maximum Gasteiger partial charge on any atom is 0.0702 e. The highest BCUT2D eigenvalue weighted by Crippen LogP contribution is 2.23. The number of rotatable bonds is 4. The molecular weight excluding hydrogens is 256 g/mol. The van der Waals surface area contributed by atoms with Gasteiger partial charge in [-0.15, -0.1) is 0 Å². The summed E-state index contributed by atoms with van der Waals surface area (Å²) in [5.74, 6) is 0. The molecule has 0 saturated carbocycles. The van der Waals surface area contributed by atoms with E-state index in [0.717, 1.165) is 17.6 Å². The molecule has 0 aliphatic rings. The van der Waals surface area contributed by atoms with Gasteiger partial charge in [0.15, 0.2) is 0 Å². The number of hydrogen-bond donors (Lipinski definition) is 1. The molecular formula is C19H20N2. The molecule has 0 atom stereocenters. The van der Waals surface area contributed by atoms with E-state index in [1.807, 2.05) is 18.3 Å². The van der Waals surface area contributed by atoms with Crippen molar-refractivity contribution in [1.82, 2.24) is 10.3 Å². The van der Waals surface area contributed by atoms with Crippen LogP contribution in [0.15, 0.2) is 60.8 Å². The Balaban J connectivity index is 1.85. The van der Waals surface area contributed by atoms with Crippen molar-refractivity contribution in [2.45, 2.75) is 26.4 Å². The Labute approximate surface area is 125 Å². The molecule has 106 valence electrons. The highest BCUT2D eigenvalue weighted by Gasteiger charge is 2.01. The molecule has 1 aromatic heterocycles. The van der Waals surface area contributed by atoms with Gasteiger partial charge in [-0.05, 0) is 23.3 Å². The Bertz CT molecular complexity index is 730. The van der Waals surface area contributed by atoms with Crippen LogP contribution in [0.2, 0.25) is 0 Å². The van der Waals surface area contributed by atoms with E-state index in [4.69, 9.17) is 0 Å². The van der Waals surface area contributed by atoms with Gasteiger partial charge in [-0.2, -0.15) is 0 Å². The molecule has 0 unspecified atom stereocenters. The summed E-state index contributed by atoms with van der Waals surface area (Å²) in [6.45, 7) is 5.23. The molecule has 1 heterocycles. The number of aromatic nitrogens is 1. The van der Waals surface area contributed by atoms with Gasteiger partial charge in [0, 0.05) is 29.7 Å². The van der Waals surface area contributed by atoms with Crippen molar-refractivity contribution < 1.29 is 0 Å². The smallest absolute Gasteiger partial charge is 0.0702 e. The number of pyridine rings is 1. The number of benzene rings is 2. The predicted molar refractivity (Wildman–Crippen MR) is 89.2 cm³/mol. The minimum Gasteiger partial charge on any atom is -0.310 e. The Hall–Kier alpha value is -2.19. The van der Waals surface area contributed by atoms with Crippen molar-refractivity contribution in [3.05, 3.63) is 66.4 Å². The molecule has 0 aliphatic heterocycles. The van der Waals surface area contributed by atoms with Gasteiger partial charge in [-0.25, -0.2) is 0 Å². The van der Waals surface area contributed by atoms with E-state index in [-0.39, 0.29) is 0 Å². The monoisotopic (exact) mass is 276 g/mol. The summed E-state index contributed by atoms with van der Waals surface area (Å²) in [7, 11) is 0. The molecule has 1 N–H and O–H groups in total. The second kappa shape index (κ2) is 6.06. The van der Waals surface area contributed by atoms with Gasteiger partial charge in [-0.1, -0.05) is 56.3 Å². The molecule has 2 heteroatoms. The fraction of sp³-hybridized carbons (Fsp3) is 0.211. The lowest BCUT2D eigenvalue weighted by Crippen LogP contribution is -2.21. The first-order chi connectivity index (χ1) is 10.2. The van der Waals surface area contributed by atoms with Crippen LogP contribution >= 0.6 is 0 Å². The molecule has 0 fully saturated rings. The summed E-state index contributed by atoms with van der Waals surface area (Å²) < 4.78 is 0. The standard InChI is InChI=1S/C19H20N2/c1-14(2)20-12-15-7-9-16(10-8-15)18-11-17-5-3-4-6-19(17)21-13-18/h3-11,13-14,20H,12H2,1-2H3. The van der Waals surface area contributed by atoms with Gasteiger partial charge in [0.1, 0.15) is 0 Å². The lowest BCUT2D eigenvalue weighted by molar-refractivity contribution is 0.589. The summed E-state index contributed by atoms with van der Waals surface area (Å²) in [6.07, 6.45) is 1.95. The molecule has 2 aromatic carbocycles. The van der Waals surface area contributed by atoms with Crippen LogP contribution in [-0.2, 0) is 6.54 Å². The Morgan fingerprint density at radius 2 is 1.71 bits per heavy atom. The Morgan fingerprint density at radius 3 is 2.48 bits per heavy atom. The average molecular weight is 276 g/mol. The number of fused-ring (bicyclic) bond motifs is 1. The van der Waals surface area contributed by atoms with Crippen molar-refractivity contribution in [3.63, 3.8) is 0 Å². The van der Waals surface area contributed by atoms with Crippen LogP contribution in [0.1, 0.15) is 19.4 Å². The molecule has 0 bridgehead atoms. The zero-order chi connectivity index (χ0) is 14.7. The molecule has 0 spiro atoms. The van der Waals surface area contributed by atoms with Crippen molar-refractivity contribution >= 4 is 10.9 Å². The molecule has 2 nitrogen and oxygen atoms in total. The van der Waals surface area contributed by atoms with E-state index in [1.54, 1.807) is 0 Å². The Morgan fingerprint density at radius 1 is 0.952 bits per heavy atom. The maximum absolute atomic E-state index is 4.53. The lowest BCUT2D eigenvalue weighted by Gasteiger charge is -2.09. The third kappa shape index (κ3) is 3.29. The third-order valence-electron chi connectivity index (χ3n) is 3.59. The van der Waals surface area contributed by atoms with Crippen molar-refractivity contribution in [3.8, 4) is 11.1 Å². The fourth-order valence-corrected chi connectivity index (χ4v) is 2.37. The van der Waals surface area contributed by atoms with E-state index in [9.17, 15) is 0 Å². The minimum absolute atomic E-state index is 0.509. The number of nitrogens with zero attached hydrogens (tertiary/aromatic N) is 1. The molecule has 3 rings (SSSR count). The summed E-state index contributed by atoms with van der Waals surface area (Å²) in [6, 6.07) is 19.6. The topological polar surface area (TPSA) is 24.9 Å². The van der Waals surface area contributed by atoms with Gasteiger partial charge in [0.2, 0.25) is 0 Å². The number of hydrogen-bond acceptors (Lipinski definition) is 2. The first-order valence-electron chi connectivity index (χ1n) is 7.40. The number of nitrogens with one attached hydrogen (secondary N) is 1. The molecule has 0 radical (unpaired) electrons. The van der Waals surface area contributed by atoms with Crippen LogP contribution in [-0.4, -0.2) is 11.0 Å². The van der Waals surface area contributed by atoms with Crippen LogP contribution in [0.4, 0.5) is 0 Å². The van der Waals surface area contributed by atoms with E-state index in [0.29, 0.717) is 6.04 Å². The first-order valence-corrected chi connectivity index (χ1v) is 7.40. The van der Waals surface area contributed by atoms with Gasteiger partial charge in [0.05, 0.1) is 5.52 Å². The van der Waals surface area contributed by atoms with Gasteiger partial charge < -0.3 is 5.32 Å². The van der Waals surface area contributed by atoms with Gasteiger partial charge >= 0.3 is 0 Å². The van der Waals surface area contributed by atoms with Crippen LogP contribution in [0, 0.1) is 0 Å². The minimum atomic E-state index is 0.509. The third-order valence-corrected chi connectivity index (χ3v) is 3.59. The molecule has 0 aliphatic carbocycles. The van der Waals surface area contributed by atoms with E-state index >= 15 is 0 Å². The quantitative estimate of drug-likeness (QED) is 0.764. The summed E-state index contributed by atoms with van der Waals surface area (Å²) in [5, 5.41) is 4.61. The molecule has 0 saturated heterocycles. The van der Waals surface area contributed by atoms with E-state index < -0.39 is 0 Å². The highest BCUT2D eigenvalue weighted by atomic mass is 14.9. The predicted octanol–water partition coefficient (Wildman–Crippen LogP) is 4.40. The second-order valence-corrected chi connectivity index (χ2v) is 5.65. The lowest BCUT2D eigenvalue weighted by atomic mass is 10.0. The molecule has 21 heavy (non-hydrogen) atoms. The maximum atomic E-state index is 4.53. The Kier molecular flexibility index (Phi) is 3.98. The van der Waals surface area contributed by atoms with Crippen molar-refractivity contribution in [2.24, 2.45) is 0 Å². The zero-order valence-electron chi connectivity index (χ0n) is 12.5. The summed E-state index contributed by atoms with van der Waals surface area (Å²) >= 11 is 0. The van der Waals surface area contributed by atoms with Crippen LogP contribution in [0.5, 0.6) is 0 Å². The van der Waals surface area contributed by atoms with Crippen LogP contribution in [0.25, 0.3) is 22.0 Å². The highest BCUT2D eigenvalue weighted by molar-refractivity contribution is 5.83. The van der Waals surface area contributed by atoms with E-state index in [2.05, 4.69) is 66.6 Å². The number of para-hydroxylation sites is 1. The van der Waals surface area contributed by atoms with E-state index in [1.165, 1.54) is 16.5 Å². The molecule has 3 aromatic rings. The van der Waals surface area contributed by atoms with Gasteiger partial charge in [-0.3, -0.25) is 4.98 Å². The van der Waals surface area contributed by atoms with Crippen LogP contribution < -0.4 is 5.32 Å². The second-order valence-electron chi connectivity index (χ2n) is 5.65. The van der Waals surface area contributed by atoms with Crippen molar-refractivity contribution in [2.75, 3.05) is 0 Å². The van der Waals surface area contributed by atoms with Gasteiger partial charge in [0.25, 0.3) is 0 Å². The summed E-state index contributed by atoms with van der Waals surface area (Å²) in [4.78, 5) is 4.53. The van der Waals surface area contributed by atoms with Crippen molar-refractivity contribution in [1.29, 1.82) is 0 Å². The summed E-state index contributed by atoms with van der Waals surface area (Å²) in [5.41, 5.74) is 4.72. The average Bonchev–Trinajstić information content (AvgIpc) is 2.53. The largest absolute Gasteiger partial charge is 0.310 e. The SMILES string of the molecule is CC(C)NCc1ccc(-c2cnc3ccccc3c2)cc1. The zero-order valence-corrected chi connectivity index (χ0v) is 12.5. The molecule has 0 amide bonds. The normalized spacial score (nSPS) is 11.2. The fourth-order valence-electron chi connectivity index (χ4n) is 2.37. The first kappa shape index (κ1) is 13.8. The van der Waals surface area contributed by atoms with Crippen LogP contribution in [0.3, 0.4) is 0 Å².